The zero-order chi connectivity index (χ0) is 20.8. The third-order valence-electron chi connectivity index (χ3n) is 6.03. The molecule has 0 radical (unpaired) electrons. The van der Waals surface area contributed by atoms with Crippen LogP contribution in [0.25, 0.3) is 11.0 Å². The number of nitrogens with zero attached hydrogens (tertiary/aromatic N) is 1. The Morgan fingerprint density at radius 1 is 1.14 bits per heavy atom. The molecule has 29 heavy (non-hydrogen) atoms. The quantitative estimate of drug-likeness (QED) is 0.353. The molecular formula is C24H27N3OS. The fraction of sp³-hybridized carbons (Fsp3) is 0.333. The Bertz CT molecular complexity index is 1070. The number of hydrogen-bond acceptors (Lipinski definition) is 3. The highest BCUT2D eigenvalue weighted by atomic mass is 32.1. The minimum atomic E-state index is 0.128. The van der Waals surface area contributed by atoms with Gasteiger partial charge in [-0.1, -0.05) is 42.8 Å². The molecule has 1 heterocycles. The van der Waals surface area contributed by atoms with Gasteiger partial charge in [0.15, 0.2) is 10.9 Å². The largest absolute Gasteiger partial charge is 0.455 e. The maximum atomic E-state index is 6.10. The molecule has 0 spiro atoms. The minimum Gasteiger partial charge on any atom is -0.455 e. The van der Waals surface area contributed by atoms with Crippen molar-refractivity contribution in [2.24, 2.45) is 16.8 Å². The average Bonchev–Trinajstić information content (AvgIpc) is 3.03. The molecule has 3 aromatic rings. The number of aryl methyl sites for hydroxylation is 3. The monoisotopic (exact) mass is 405 g/mol. The van der Waals surface area contributed by atoms with E-state index >= 15 is 0 Å². The van der Waals surface area contributed by atoms with Gasteiger partial charge in [0.2, 0.25) is 0 Å². The summed E-state index contributed by atoms with van der Waals surface area (Å²) in [7, 11) is 0. The molecule has 1 aliphatic carbocycles. The topological polar surface area (TPSA) is 63.5 Å². The standard InChI is InChI=1S/C24H27N3OS/c1-14-9-15(2)21(16(3)10-14)24(4)12-18(13-24)22(26-27-23(25)29)20-11-17-7-5-6-8-19(17)28-20/h5-11,18H,12-13H2,1-4H3,(H3,25,27,29)/b26-22-. The van der Waals surface area contributed by atoms with Crippen LogP contribution in [0.3, 0.4) is 0 Å². The first kappa shape index (κ1) is 19.6. The number of hydrogen-bond donors (Lipinski definition) is 2. The van der Waals surface area contributed by atoms with Crippen LogP contribution in [0, 0.1) is 26.7 Å². The Balaban J connectivity index is 1.66. The Hall–Kier alpha value is -2.66. The van der Waals surface area contributed by atoms with E-state index in [1.807, 2.05) is 30.3 Å². The number of benzene rings is 2. The van der Waals surface area contributed by atoms with Gasteiger partial charge in [0.25, 0.3) is 0 Å². The lowest BCUT2D eigenvalue weighted by atomic mass is 9.57. The predicted molar refractivity (Wildman–Crippen MR) is 123 cm³/mol. The Kier molecular flexibility index (Phi) is 4.95. The highest BCUT2D eigenvalue weighted by Gasteiger charge is 2.46. The summed E-state index contributed by atoms with van der Waals surface area (Å²) in [5.74, 6) is 1.06. The molecule has 0 saturated heterocycles. The van der Waals surface area contributed by atoms with E-state index in [-0.39, 0.29) is 16.4 Å². The van der Waals surface area contributed by atoms with Gasteiger partial charge in [-0.2, -0.15) is 5.10 Å². The molecule has 1 aromatic heterocycles. The summed E-state index contributed by atoms with van der Waals surface area (Å²) in [6, 6.07) is 14.6. The van der Waals surface area contributed by atoms with Crippen LogP contribution in [0.1, 0.15) is 47.8 Å². The van der Waals surface area contributed by atoms with Crippen molar-refractivity contribution in [2.45, 2.75) is 46.0 Å². The normalized spacial score (nSPS) is 21.8. The molecule has 150 valence electrons. The molecule has 0 bridgehead atoms. The average molecular weight is 406 g/mol. The summed E-state index contributed by atoms with van der Waals surface area (Å²) >= 11 is 4.97. The number of nitrogens with one attached hydrogen (secondary N) is 1. The van der Waals surface area contributed by atoms with Crippen LogP contribution in [0.4, 0.5) is 0 Å². The van der Waals surface area contributed by atoms with Gasteiger partial charge in [0.05, 0.1) is 0 Å². The molecule has 1 saturated carbocycles. The summed E-state index contributed by atoms with van der Waals surface area (Å²) in [5.41, 5.74) is 15.8. The summed E-state index contributed by atoms with van der Waals surface area (Å²) in [6.45, 7) is 8.95. The first-order chi connectivity index (χ1) is 13.8. The van der Waals surface area contributed by atoms with Gasteiger partial charge in [0.1, 0.15) is 11.3 Å². The SMILES string of the molecule is Cc1cc(C)c(C2(C)CC(/C(=N/NC(N)=S)c3cc4ccccc4o3)C2)c(C)c1. The van der Waals surface area contributed by atoms with Crippen molar-refractivity contribution >= 4 is 34.0 Å². The third kappa shape index (κ3) is 3.67. The lowest BCUT2D eigenvalue weighted by Crippen LogP contribution is -2.44. The van der Waals surface area contributed by atoms with Gasteiger partial charge in [0, 0.05) is 11.3 Å². The molecule has 4 rings (SSSR count). The van der Waals surface area contributed by atoms with Crippen LogP contribution in [-0.4, -0.2) is 10.8 Å². The third-order valence-corrected chi connectivity index (χ3v) is 6.12. The first-order valence-corrected chi connectivity index (χ1v) is 10.4. The maximum Gasteiger partial charge on any atom is 0.184 e. The zero-order valence-corrected chi connectivity index (χ0v) is 18.2. The van der Waals surface area contributed by atoms with E-state index in [1.54, 1.807) is 0 Å². The van der Waals surface area contributed by atoms with Crippen LogP contribution < -0.4 is 11.2 Å². The number of rotatable bonds is 4. The van der Waals surface area contributed by atoms with E-state index in [4.69, 9.17) is 22.4 Å². The number of fused-ring (bicyclic) bond motifs is 1. The number of furan rings is 1. The van der Waals surface area contributed by atoms with Gasteiger partial charge in [-0.3, -0.25) is 5.43 Å². The van der Waals surface area contributed by atoms with E-state index in [1.165, 1.54) is 22.3 Å². The Labute approximate surface area is 177 Å². The van der Waals surface area contributed by atoms with Gasteiger partial charge in [-0.05, 0) is 80.1 Å². The fourth-order valence-corrected chi connectivity index (χ4v) is 5.17. The summed E-state index contributed by atoms with van der Waals surface area (Å²) in [6.07, 6.45) is 2.01. The van der Waals surface area contributed by atoms with Crippen LogP contribution >= 0.6 is 12.2 Å². The minimum absolute atomic E-state index is 0.128. The number of thiocarbonyl (C=S) groups is 1. The molecule has 0 unspecified atom stereocenters. The van der Waals surface area contributed by atoms with Crippen molar-refractivity contribution in [2.75, 3.05) is 0 Å². The van der Waals surface area contributed by atoms with E-state index in [2.05, 4.69) is 50.4 Å². The Morgan fingerprint density at radius 2 is 1.79 bits per heavy atom. The van der Waals surface area contributed by atoms with Crippen molar-refractivity contribution in [3.63, 3.8) is 0 Å². The highest BCUT2D eigenvalue weighted by Crippen LogP contribution is 2.51. The van der Waals surface area contributed by atoms with Gasteiger partial charge >= 0.3 is 0 Å². The van der Waals surface area contributed by atoms with Crippen molar-refractivity contribution in [1.29, 1.82) is 0 Å². The summed E-state index contributed by atoms with van der Waals surface area (Å²) in [4.78, 5) is 0. The molecule has 0 aliphatic heterocycles. The van der Waals surface area contributed by atoms with Crippen LogP contribution in [-0.2, 0) is 5.41 Å². The lowest BCUT2D eigenvalue weighted by Gasteiger charge is -2.47. The lowest BCUT2D eigenvalue weighted by molar-refractivity contribution is 0.214. The molecule has 5 heteroatoms. The molecule has 0 amide bonds. The zero-order valence-electron chi connectivity index (χ0n) is 17.4. The van der Waals surface area contributed by atoms with Crippen LogP contribution in [0.2, 0.25) is 0 Å². The second-order valence-corrected chi connectivity index (χ2v) is 9.00. The summed E-state index contributed by atoms with van der Waals surface area (Å²) < 4.78 is 6.10. The van der Waals surface area contributed by atoms with Crippen molar-refractivity contribution < 1.29 is 4.42 Å². The predicted octanol–water partition coefficient (Wildman–Crippen LogP) is 5.26. The molecule has 2 aromatic carbocycles. The van der Waals surface area contributed by atoms with Crippen molar-refractivity contribution in [3.8, 4) is 0 Å². The van der Waals surface area contributed by atoms with Crippen molar-refractivity contribution in [3.05, 3.63) is 70.5 Å². The fourth-order valence-electron chi connectivity index (χ4n) is 5.13. The Morgan fingerprint density at radius 3 is 2.41 bits per heavy atom. The maximum absolute atomic E-state index is 6.10. The van der Waals surface area contributed by atoms with Gasteiger partial charge < -0.3 is 10.2 Å². The smallest absolute Gasteiger partial charge is 0.184 e. The van der Waals surface area contributed by atoms with E-state index in [0.29, 0.717) is 0 Å². The second-order valence-electron chi connectivity index (χ2n) is 8.56. The molecule has 3 N–H and O–H groups in total. The number of para-hydroxylation sites is 1. The van der Waals surface area contributed by atoms with Gasteiger partial charge in [-0.25, -0.2) is 0 Å². The molecule has 1 fully saturated rings. The van der Waals surface area contributed by atoms with Gasteiger partial charge in [-0.15, -0.1) is 0 Å². The van der Waals surface area contributed by atoms with Crippen molar-refractivity contribution in [1.82, 2.24) is 5.43 Å². The van der Waals surface area contributed by atoms with Crippen LogP contribution in [0.15, 0.2) is 52.0 Å². The number of nitrogens with two attached hydrogens (primary N) is 1. The summed E-state index contributed by atoms with van der Waals surface area (Å²) in [5, 5.41) is 5.76. The molecule has 0 atom stereocenters. The van der Waals surface area contributed by atoms with E-state index < -0.39 is 0 Å². The van der Waals surface area contributed by atoms with E-state index in [0.717, 1.165) is 35.3 Å². The molecule has 4 nitrogen and oxygen atoms in total. The highest BCUT2D eigenvalue weighted by molar-refractivity contribution is 7.80. The second kappa shape index (κ2) is 7.30. The van der Waals surface area contributed by atoms with E-state index in [9.17, 15) is 0 Å². The molecular weight excluding hydrogens is 378 g/mol. The first-order valence-electron chi connectivity index (χ1n) is 9.97. The van der Waals surface area contributed by atoms with Crippen LogP contribution in [0.5, 0.6) is 0 Å². The molecule has 1 aliphatic rings. The number of hydrazone groups is 1.